The molecule has 0 aromatic heterocycles. The van der Waals surface area contributed by atoms with Crippen LogP contribution in [0.25, 0.3) is 0 Å². The molecule has 0 aliphatic heterocycles. The summed E-state index contributed by atoms with van der Waals surface area (Å²) in [6.07, 6.45) is -0.850. The number of sulfone groups is 1. The van der Waals surface area contributed by atoms with Crippen LogP contribution in [0.5, 0.6) is 0 Å². The first-order chi connectivity index (χ1) is 13.7. The molecule has 0 saturated carbocycles. The summed E-state index contributed by atoms with van der Waals surface area (Å²) in [6.45, 7) is 4.58. The van der Waals surface area contributed by atoms with Crippen LogP contribution >= 0.6 is 0 Å². The molecule has 0 heterocycles. The Hall–Kier alpha value is -2.22. The predicted octanol–water partition coefficient (Wildman–Crippen LogP) is 2.53. The maximum atomic E-state index is 13.1. The molecule has 0 saturated heterocycles. The van der Waals surface area contributed by atoms with E-state index in [0.717, 1.165) is 5.56 Å². The summed E-state index contributed by atoms with van der Waals surface area (Å²) in [5, 5.41) is 10.6. The van der Waals surface area contributed by atoms with Crippen LogP contribution in [0.4, 0.5) is 0 Å². The molecule has 1 atom stereocenters. The number of benzene rings is 2. The van der Waals surface area contributed by atoms with E-state index in [-0.39, 0.29) is 22.8 Å². The number of rotatable bonds is 9. The summed E-state index contributed by atoms with van der Waals surface area (Å²) in [6, 6.07) is 13.8. The third-order valence-electron chi connectivity index (χ3n) is 4.78. The molecule has 2 aromatic rings. The molecule has 2 rings (SSSR count). The molecule has 1 N–H and O–H groups in total. The van der Waals surface area contributed by atoms with Gasteiger partial charge in [-0.1, -0.05) is 42.0 Å². The molecule has 0 aliphatic carbocycles. The number of aryl methyl sites for hydroxylation is 1. The van der Waals surface area contributed by atoms with E-state index >= 15 is 0 Å². The second kappa shape index (κ2) is 10.0. The lowest BCUT2D eigenvalue weighted by atomic mass is 10.1. The summed E-state index contributed by atoms with van der Waals surface area (Å²) >= 11 is 0. The zero-order chi connectivity index (χ0) is 21.6. The Bertz CT molecular complexity index is 924. The van der Waals surface area contributed by atoms with E-state index in [4.69, 9.17) is 0 Å². The van der Waals surface area contributed by atoms with Gasteiger partial charge in [0.2, 0.25) is 0 Å². The summed E-state index contributed by atoms with van der Waals surface area (Å²) in [7, 11) is -0.00296. The van der Waals surface area contributed by atoms with Crippen molar-refractivity contribution in [2.24, 2.45) is 0 Å². The van der Waals surface area contributed by atoms with E-state index in [1.54, 1.807) is 31.1 Å². The van der Waals surface area contributed by atoms with Crippen LogP contribution in [-0.2, 0) is 9.84 Å². The first-order valence-electron chi connectivity index (χ1n) is 9.66. The highest BCUT2D eigenvalue weighted by Crippen LogP contribution is 2.21. The quantitative estimate of drug-likeness (QED) is 0.677. The lowest BCUT2D eigenvalue weighted by molar-refractivity contribution is 0.0631. The van der Waals surface area contributed by atoms with Crippen molar-refractivity contribution in [1.29, 1.82) is 0 Å². The Labute approximate surface area is 173 Å². The van der Waals surface area contributed by atoms with Gasteiger partial charge < -0.3 is 14.9 Å². The van der Waals surface area contributed by atoms with Gasteiger partial charge in [0.25, 0.3) is 5.91 Å². The maximum absolute atomic E-state index is 13.1. The SMILES string of the molecule is CCN(C[C@H](O)c1ccc(C)cc1)C(=O)c1ccccc1S(=O)(=O)CCN(C)C. The van der Waals surface area contributed by atoms with Crippen molar-refractivity contribution in [2.45, 2.75) is 24.8 Å². The lowest BCUT2D eigenvalue weighted by Gasteiger charge is -2.25. The highest BCUT2D eigenvalue weighted by atomic mass is 32.2. The standard InChI is InChI=1S/C22H30N2O4S/c1-5-24(16-20(25)18-12-10-17(2)11-13-18)22(26)19-8-6-7-9-21(19)29(27,28)15-14-23(3)4/h6-13,20,25H,5,14-16H2,1-4H3/t20-/m0/s1. The molecule has 1 amide bonds. The second-order valence-corrected chi connectivity index (χ2v) is 9.47. The number of amides is 1. The van der Waals surface area contributed by atoms with Gasteiger partial charge in [-0.3, -0.25) is 4.79 Å². The van der Waals surface area contributed by atoms with Gasteiger partial charge in [0, 0.05) is 13.1 Å². The average molecular weight is 419 g/mol. The molecule has 158 valence electrons. The number of likely N-dealkylation sites (N-methyl/N-ethyl adjacent to an activating group) is 1. The Kier molecular flexibility index (Phi) is 7.96. The zero-order valence-electron chi connectivity index (χ0n) is 17.5. The molecule has 2 aromatic carbocycles. The third kappa shape index (κ3) is 6.13. The van der Waals surface area contributed by atoms with Gasteiger partial charge in [-0.25, -0.2) is 8.42 Å². The van der Waals surface area contributed by atoms with E-state index in [9.17, 15) is 18.3 Å². The summed E-state index contributed by atoms with van der Waals surface area (Å²) in [5.74, 6) is -0.467. The number of hydrogen-bond donors (Lipinski definition) is 1. The average Bonchev–Trinajstić information content (AvgIpc) is 2.70. The van der Waals surface area contributed by atoms with Gasteiger partial charge >= 0.3 is 0 Å². The van der Waals surface area contributed by atoms with Crippen LogP contribution in [0.3, 0.4) is 0 Å². The fourth-order valence-electron chi connectivity index (χ4n) is 2.96. The van der Waals surface area contributed by atoms with Crippen LogP contribution in [0, 0.1) is 6.92 Å². The van der Waals surface area contributed by atoms with Gasteiger partial charge in [0.05, 0.1) is 28.9 Å². The molecule has 0 aliphatic rings. The Morgan fingerprint density at radius 3 is 2.28 bits per heavy atom. The fraction of sp³-hybridized carbons (Fsp3) is 0.409. The fourth-order valence-corrected chi connectivity index (χ4v) is 4.56. The monoisotopic (exact) mass is 418 g/mol. The van der Waals surface area contributed by atoms with E-state index in [1.165, 1.54) is 17.0 Å². The Balaban J connectivity index is 2.26. The second-order valence-electron chi connectivity index (χ2n) is 7.39. The topological polar surface area (TPSA) is 77.9 Å². The molecule has 6 nitrogen and oxygen atoms in total. The van der Waals surface area contributed by atoms with E-state index in [0.29, 0.717) is 18.7 Å². The van der Waals surface area contributed by atoms with Gasteiger partial charge in [-0.15, -0.1) is 0 Å². The largest absolute Gasteiger partial charge is 0.387 e. The van der Waals surface area contributed by atoms with Crippen LogP contribution < -0.4 is 0 Å². The van der Waals surface area contributed by atoms with Crippen molar-refractivity contribution in [3.05, 3.63) is 65.2 Å². The highest BCUT2D eigenvalue weighted by Gasteiger charge is 2.26. The molecule has 0 fully saturated rings. The number of carbonyl (C=O) groups is 1. The van der Waals surface area contributed by atoms with Crippen molar-refractivity contribution in [1.82, 2.24) is 9.80 Å². The van der Waals surface area contributed by atoms with E-state index < -0.39 is 21.8 Å². The number of aliphatic hydroxyl groups is 1. The Morgan fingerprint density at radius 2 is 1.69 bits per heavy atom. The number of nitrogens with zero attached hydrogens (tertiary/aromatic N) is 2. The van der Waals surface area contributed by atoms with Crippen molar-refractivity contribution in [2.75, 3.05) is 39.5 Å². The molecule has 0 radical (unpaired) electrons. The first-order valence-corrected chi connectivity index (χ1v) is 11.3. The molecule has 29 heavy (non-hydrogen) atoms. The Morgan fingerprint density at radius 1 is 1.07 bits per heavy atom. The number of carbonyl (C=O) groups excluding carboxylic acids is 1. The van der Waals surface area contributed by atoms with Crippen LogP contribution in [0.2, 0.25) is 0 Å². The molecule has 0 spiro atoms. The van der Waals surface area contributed by atoms with E-state index in [2.05, 4.69) is 0 Å². The lowest BCUT2D eigenvalue weighted by Crippen LogP contribution is -2.35. The van der Waals surface area contributed by atoms with Crippen molar-refractivity contribution < 1.29 is 18.3 Å². The van der Waals surface area contributed by atoms with Crippen LogP contribution in [-0.4, -0.2) is 68.7 Å². The smallest absolute Gasteiger partial charge is 0.255 e. The maximum Gasteiger partial charge on any atom is 0.255 e. The zero-order valence-corrected chi connectivity index (χ0v) is 18.3. The van der Waals surface area contributed by atoms with Gasteiger partial charge in [0.15, 0.2) is 9.84 Å². The van der Waals surface area contributed by atoms with Crippen molar-refractivity contribution in [3.8, 4) is 0 Å². The summed E-state index contributed by atoms with van der Waals surface area (Å²) in [4.78, 5) is 16.4. The minimum absolute atomic E-state index is 0.0372. The number of aliphatic hydroxyl groups excluding tert-OH is 1. The summed E-state index contributed by atoms with van der Waals surface area (Å²) < 4.78 is 25.6. The molecular formula is C22H30N2O4S. The molecule has 7 heteroatoms. The van der Waals surface area contributed by atoms with Gasteiger partial charge in [0.1, 0.15) is 0 Å². The van der Waals surface area contributed by atoms with Crippen molar-refractivity contribution >= 4 is 15.7 Å². The molecular weight excluding hydrogens is 388 g/mol. The first kappa shape index (κ1) is 23.1. The molecule has 0 bridgehead atoms. The number of hydrogen-bond acceptors (Lipinski definition) is 5. The summed E-state index contributed by atoms with van der Waals surface area (Å²) in [5.41, 5.74) is 1.94. The minimum atomic E-state index is -3.61. The van der Waals surface area contributed by atoms with Gasteiger partial charge in [-0.05, 0) is 45.6 Å². The highest BCUT2D eigenvalue weighted by molar-refractivity contribution is 7.91. The van der Waals surface area contributed by atoms with E-state index in [1.807, 2.05) is 38.1 Å². The minimum Gasteiger partial charge on any atom is -0.387 e. The van der Waals surface area contributed by atoms with Gasteiger partial charge in [-0.2, -0.15) is 0 Å². The molecule has 0 unspecified atom stereocenters. The van der Waals surface area contributed by atoms with Crippen molar-refractivity contribution in [3.63, 3.8) is 0 Å². The normalized spacial score (nSPS) is 12.8. The predicted molar refractivity (Wildman–Crippen MR) is 115 cm³/mol. The third-order valence-corrected chi connectivity index (χ3v) is 6.53. The van der Waals surface area contributed by atoms with Crippen LogP contribution in [0.15, 0.2) is 53.4 Å². The van der Waals surface area contributed by atoms with Crippen LogP contribution in [0.1, 0.15) is 34.5 Å².